The van der Waals surface area contributed by atoms with Crippen LogP contribution in [0, 0.1) is 5.92 Å². The molecule has 0 radical (unpaired) electrons. The second kappa shape index (κ2) is 6.95. The van der Waals surface area contributed by atoms with Crippen molar-refractivity contribution in [2.24, 2.45) is 5.92 Å². The second-order valence-electron chi connectivity index (χ2n) is 4.03. The number of carboxylic acids is 1. The van der Waals surface area contributed by atoms with E-state index in [9.17, 15) is 4.79 Å². The van der Waals surface area contributed by atoms with Crippen molar-refractivity contribution < 1.29 is 14.6 Å². The molecular weight excluding hydrogens is 224 g/mol. The summed E-state index contributed by atoms with van der Waals surface area (Å²) in [5.41, 5.74) is 0. The van der Waals surface area contributed by atoms with Crippen LogP contribution in [-0.4, -0.2) is 37.9 Å². The van der Waals surface area contributed by atoms with Crippen molar-refractivity contribution in [2.75, 3.05) is 6.61 Å². The average molecular weight is 242 g/mol. The number of carbonyl (C=O) groups is 1. The topological polar surface area (TPSA) is 90.1 Å². The normalized spacial score (nSPS) is 12.6. The summed E-state index contributed by atoms with van der Waals surface area (Å²) in [5, 5.41) is 19.9. The molecule has 0 aromatic carbocycles. The van der Waals surface area contributed by atoms with Crippen LogP contribution in [0.3, 0.4) is 0 Å². The number of rotatable bonds is 8. The van der Waals surface area contributed by atoms with Crippen molar-refractivity contribution in [1.29, 1.82) is 0 Å². The Hall–Kier alpha value is -1.50. The van der Waals surface area contributed by atoms with E-state index in [1.165, 1.54) is 0 Å². The van der Waals surface area contributed by atoms with E-state index in [1.807, 2.05) is 13.8 Å². The maximum Gasteiger partial charge on any atom is 0.303 e. The van der Waals surface area contributed by atoms with Gasteiger partial charge in [-0.25, -0.2) is 4.68 Å². The Balaban J connectivity index is 2.47. The molecule has 1 aromatic heterocycles. The Morgan fingerprint density at radius 2 is 2.35 bits per heavy atom. The van der Waals surface area contributed by atoms with Crippen molar-refractivity contribution >= 4 is 5.97 Å². The zero-order valence-corrected chi connectivity index (χ0v) is 10.2. The molecule has 0 bridgehead atoms. The fourth-order valence-electron chi connectivity index (χ4n) is 1.43. The molecule has 0 aliphatic rings. The number of ether oxygens (including phenoxy) is 1. The summed E-state index contributed by atoms with van der Waals surface area (Å²) in [7, 11) is 0. The number of nitrogens with zero attached hydrogens (tertiary/aromatic N) is 4. The summed E-state index contributed by atoms with van der Waals surface area (Å²) in [5.74, 6) is -0.189. The van der Waals surface area contributed by atoms with Crippen LogP contribution >= 0.6 is 0 Å². The maximum atomic E-state index is 10.5. The fourth-order valence-corrected chi connectivity index (χ4v) is 1.43. The van der Waals surface area contributed by atoms with E-state index >= 15 is 0 Å². The van der Waals surface area contributed by atoms with Crippen LogP contribution in [0.1, 0.15) is 32.5 Å². The zero-order valence-electron chi connectivity index (χ0n) is 10.2. The third kappa shape index (κ3) is 4.90. The SMILES string of the molecule is CCCOCc1nnnn1CC(C)CC(=O)O. The molecule has 1 N–H and O–H groups in total. The van der Waals surface area contributed by atoms with E-state index in [0.29, 0.717) is 25.6 Å². The van der Waals surface area contributed by atoms with Crippen molar-refractivity contribution in [1.82, 2.24) is 20.2 Å². The highest BCUT2D eigenvalue weighted by Crippen LogP contribution is 2.06. The van der Waals surface area contributed by atoms with Crippen LogP contribution in [-0.2, 0) is 22.7 Å². The minimum atomic E-state index is -0.811. The molecule has 0 aliphatic heterocycles. The highest BCUT2D eigenvalue weighted by Gasteiger charge is 2.12. The first-order valence-corrected chi connectivity index (χ1v) is 5.68. The number of carboxylic acid groups (broad SMARTS) is 1. The molecule has 1 aromatic rings. The minimum Gasteiger partial charge on any atom is -0.481 e. The molecule has 17 heavy (non-hydrogen) atoms. The Labute approximate surface area is 99.8 Å². The highest BCUT2D eigenvalue weighted by molar-refractivity contribution is 5.66. The lowest BCUT2D eigenvalue weighted by molar-refractivity contribution is -0.138. The molecule has 0 fully saturated rings. The van der Waals surface area contributed by atoms with Gasteiger partial charge in [-0.15, -0.1) is 5.10 Å². The van der Waals surface area contributed by atoms with Gasteiger partial charge in [0.15, 0.2) is 5.82 Å². The average Bonchev–Trinajstić information content (AvgIpc) is 2.65. The highest BCUT2D eigenvalue weighted by atomic mass is 16.5. The molecule has 0 aliphatic carbocycles. The van der Waals surface area contributed by atoms with Crippen LogP contribution < -0.4 is 0 Å². The molecule has 7 heteroatoms. The lowest BCUT2D eigenvalue weighted by Crippen LogP contribution is -2.16. The van der Waals surface area contributed by atoms with Gasteiger partial charge in [0.1, 0.15) is 6.61 Å². The lowest BCUT2D eigenvalue weighted by Gasteiger charge is -2.09. The first-order chi connectivity index (χ1) is 8.13. The molecule has 96 valence electrons. The quantitative estimate of drug-likeness (QED) is 0.675. The van der Waals surface area contributed by atoms with Gasteiger partial charge in [-0.05, 0) is 22.8 Å². The van der Waals surface area contributed by atoms with E-state index < -0.39 is 5.97 Å². The number of hydrogen-bond acceptors (Lipinski definition) is 5. The van der Waals surface area contributed by atoms with Gasteiger partial charge >= 0.3 is 5.97 Å². The van der Waals surface area contributed by atoms with Crippen LogP contribution in [0.25, 0.3) is 0 Å². The summed E-state index contributed by atoms with van der Waals surface area (Å²) in [4.78, 5) is 10.5. The van der Waals surface area contributed by atoms with Gasteiger partial charge in [-0.1, -0.05) is 13.8 Å². The fraction of sp³-hybridized carbons (Fsp3) is 0.800. The predicted octanol–water partition coefficient (Wildman–Crippen LogP) is 0.710. The summed E-state index contributed by atoms with van der Waals surface area (Å²) in [6.45, 7) is 5.40. The molecule has 1 unspecified atom stereocenters. The van der Waals surface area contributed by atoms with Crippen molar-refractivity contribution in [3.63, 3.8) is 0 Å². The first-order valence-electron chi connectivity index (χ1n) is 5.68. The summed E-state index contributed by atoms with van der Waals surface area (Å²) in [6.07, 6.45) is 1.05. The van der Waals surface area contributed by atoms with Crippen LogP contribution in [0.4, 0.5) is 0 Å². The van der Waals surface area contributed by atoms with E-state index in [0.717, 1.165) is 6.42 Å². The van der Waals surface area contributed by atoms with Gasteiger partial charge in [0.2, 0.25) is 0 Å². The number of tetrazole rings is 1. The molecule has 0 spiro atoms. The van der Waals surface area contributed by atoms with E-state index in [-0.39, 0.29) is 12.3 Å². The zero-order chi connectivity index (χ0) is 12.7. The summed E-state index contributed by atoms with van der Waals surface area (Å²) < 4.78 is 6.95. The second-order valence-corrected chi connectivity index (χ2v) is 4.03. The van der Waals surface area contributed by atoms with Gasteiger partial charge < -0.3 is 9.84 Å². The Kier molecular flexibility index (Phi) is 5.55. The van der Waals surface area contributed by atoms with E-state index in [4.69, 9.17) is 9.84 Å². The molecule has 1 atom stereocenters. The van der Waals surface area contributed by atoms with Gasteiger partial charge in [-0.2, -0.15) is 0 Å². The Bertz CT molecular complexity index is 353. The summed E-state index contributed by atoms with van der Waals surface area (Å²) >= 11 is 0. The smallest absolute Gasteiger partial charge is 0.303 e. The van der Waals surface area contributed by atoms with Gasteiger partial charge in [0, 0.05) is 19.6 Å². The summed E-state index contributed by atoms with van der Waals surface area (Å²) in [6, 6.07) is 0. The number of aliphatic carboxylic acids is 1. The molecule has 0 saturated carbocycles. The largest absolute Gasteiger partial charge is 0.481 e. The van der Waals surface area contributed by atoms with Crippen molar-refractivity contribution in [2.45, 2.75) is 39.8 Å². The van der Waals surface area contributed by atoms with Crippen molar-refractivity contribution in [3.8, 4) is 0 Å². The molecule has 0 saturated heterocycles. The van der Waals surface area contributed by atoms with E-state index in [1.54, 1.807) is 4.68 Å². The van der Waals surface area contributed by atoms with E-state index in [2.05, 4.69) is 15.5 Å². The third-order valence-corrected chi connectivity index (χ3v) is 2.19. The van der Waals surface area contributed by atoms with Crippen LogP contribution in [0.5, 0.6) is 0 Å². The monoisotopic (exact) mass is 242 g/mol. The lowest BCUT2D eigenvalue weighted by atomic mass is 10.1. The standard InChI is InChI=1S/C10H18N4O3/c1-3-4-17-7-9-11-12-13-14(9)6-8(2)5-10(15)16/h8H,3-7H2,1-2H3,(H,15,16). The molecular formula is C10H18N4O3. The van der Waals surface area contributed by atoms with Crippen molar-refractivity contribution in [3.05, 3.63) is 5.82 Å². The van der Waals surface area contributed by atoms with Crippen LogP contribution in [0.15, 0.2) is 0 Å². The number of aromatic nitrogens is 4. The Morgan fingerprint density at radius 1 is 1.59 bits per heavy atom. The molecule has 1 rings (SSSR count). The molecule has 0 amide bonds. The van der Waals surface area contributed by atoms with Crippen LogP contribution in [0.2, 0.25) is 0 Å². The van der Waals surface area contributed by atoms with Gasteiger partial charge in [0.25, 0.3) is 0 Å². The van der Waals surface area contributed by atoms with Gasteiger partial charge in [-0.3, -0.25) is 4.79 Å². The molecule has 1 heterocycles. The van der Waals surface area contributed by atoms with Gasteiger partial charge in [0.05, 0.1) is 0 Å². The minimum absolute atomic E-state index is 0.0130. The Morgan fingerprint density at radius 3 is 3.00 bits per heavy atom. The molecule has 7 nitrogen and oxygen atoms in total. The number of hydrogen-bond donors (Lipinski definition) is 1. The first kappa shape index (κ1) is 13.6. The maximum absolute atomic E-state index is 10.5. The predicted molar refractivity (Wildman–Crippen MR) is 59.2 cm³/mol. The third-order valence-electron chi connectivity index (χ3n) is 2.19.